The maximum Gasteiger partial charge on any atom is 0.407 e. The van der Waals surface area contributed by atoms with Gasteiger partial charge in [-0.05, 0) is 45.4 Å². The number of aliphatic hydroxyl groups is 1. The number of aryl methyl sites for hydroxylation is 1. The van der Waals surface area contributed by atoms with Gasteiger partial charge in [0, 0.05) is 12.2 Å². The summed E-state index contributed by atoms with van der Waals surface area (Å²) in [4.78, 5) is 15.6. The normalized spacial score (nSPS) is 11.7. The van der Waals surface area contributed by atoms with Crippen LogP contribution < -0.4 is 5.32 Å². The van der Waals surface area contributed by atoms with Gasteiger partial charge in [-0.25, -0.2) is 4.79 Å². The van der Waals surface area contributed by atoms with Gasteiger partial charge in [-0.2, -0.15) is 0 Å². The van der Waals surface area contributed by atoms with Gasteiger partial charge in [-0.1, -0.05) is 12.2 Å². The summed E-state index contributed by atoms with van der Waals surface area (Å²) >= 11 is 0. The van der Waals surface area contributed by atoms with Crippen molar-refractivity contribution in [2.24, 2.45) is 0 Å². The summed E-state index contributed by atoms with van der Waals surface area (Å²) < 4.78 is 5.12. The molecule has 5 nitrogen and oxygen atoms in total. The minimum Gasteiger partial charge on any atom is -0.444 e. The number of amides is 1. The molecule has 0 aliphatic carbocycles. The number of nitrogens with zero attached hydrogens (tertiary/aromatic N) is 1. The van der Waals surface area contributed by atoms with E-state index in [1.807, 2.05) is 45.9 Å². The lowest BCUT2D eigenvalue weighted by Gasteiger charge is -2.19. The third-order valence-corrected chi connectivity index (χ3v) is 2.26. The maximum absolute atomic E-state index is 11.4. The Morgan fingerprint density at radius 1 is 1.45 bits per heavy atom. The molecule has 1 aromatic heterocycles. The van der Waals surface area contributed by atoms with Crippen LogP contribution in [0.25, 0.3) is 6.08 Å². The predicted octanol–water partition coefficient (Wildman–Crippen LogP) is 2.42. The quantitative estimate of drug-likeness (QED) is 0.887. The first-order valence-electron chi connectivity index (χ1n) is 6.52. The molecule has 20 heavy (non-hydrogen) atoms. The van der Waals surface area contributed by atoms with Crippen LogP contribution in [0.15, 0.2) is 18.2 Å². The molecule has 0 saturated heterocycles. The van der Waals surface area contributed by atoms with Crippen molar-refractivity contribution in [1.29, 1.82) is 0 Å². The molecule has 0 bridgehead atoms. The van der Waals surface area contributed by atoms with E-state index in [0.717, 1.165) is 11.3 Å². The first-order chi connectivity index (χ1) is 9.30. The summed E-state index contributed by atoms with van der Waals surface area (Å²) in [5, 5.41) is 11.7. The summed E-state index contributed by atoms with van der Waals surface area (Å²) in [5.74, 6) is 0. The van der Waals surface area contributed by atoms with Gasteiger partial charge in [0.05, 0.1) is 12.3 Å². The van der Waals surface area contributed by atoms with E-state index in [1.165, 1.54) is 0 Å². The molecule has 0 aliphatic rings. The lowest BCUT2D eigenvalue weighted by molar-refractivity contribution is 0.0534. The van der Waals surface area contributed by atoms with Crippen molar-refractivity contribution in [3.63, 3.8) is 0 Å². The van der Waals surface area contributed by atoms with E-state index < -0.39 is 11.7 Å². The third-order valence-electron chi connectivity index (χ3n) is 2.26. The van der Waals surface area contributed by atoms with Gasteiger partial charge in [0.15, 0.2) is 0 Å². The van der Waals surface area contributed by atoms with E-state index in [0.29, 0.717) is 12.2 Å². The van der Waals surface area contributed by atoms with Crippen LogP contribution in [0.5, 0.6) is 0 Å². The van der Waals surface area contributed by atoms with Crippen molar-refractivity contribution in [2.75, 3.05) is 6.54 Å². The predicted molar refractivity (Wildman–Crippen MR) is 78.2 cm³/mol. The van der Waals surface area contributed by atoms with Crippen molar-refractivity contribution >= 4 is 12.2 Å². The van der Waals surface area contributed by atoms with Crippen LogP contribution in [0.4, 0.5) is 4.79 Å². The fourth-order valence-corrected chi connectivity index (χ4v) is 1.59. The number of alkyl carbamates (subject to hydrolysis) is 1. The highest BCUT2D eigenvalue weighted by atomic mass is 16.6. The second-order valence-electron chi connectivity index (χ2n) is 5.48. The summed E-state index contributed by atoms with van der Waals surface area (Å²) in [6.45, 7) is 7.62. The van der Waals surface area contributed by atoms with E-state index >= 15 is 0 Å². The Bertz CT molecular complexity index is 490. The Morgan fingerprint density at radius 2 is 2.15 bits per heavy atom. The van der Waals surface area contributed by atoms with Crippen LogP contribution >= 0.6 is 0 Å². The standard InChI is InChI=1S/C15H22N2O3/c1-11-8-12(9-13(10-18)17-11)6-5-7-16-14(19)20-15(2,3)4/h5-6,8-9,18H,7,10H2,1-4H3,(H,16,19)/b6-5+. The van der Waals surface area contributed by atoms with Gasteiger partial charge >= 0.3 is 6.09 Å². The van der Waals surface area contributed by atoms with Gasteiger partial charge in [0.2, 0.25) is 0 Å². The minimum atomic E-state index is -0.494. The first-order valence-corrected chi connectivity index (χ1v) is 6.52. The molecule has 0 aliphatic heterocycles. The molecule has 0 radical (unpaired) electrons. The number of hydrogen-bond donors (Lipinski definition) is 2. The van der Waals surface area contributed by atoms with Crippen LogP contribution in [0.2, 0.25) is 0 Å². The zero-order valence-corrected chi connectivity index (χ0v) is 12.4. The molecule has 2 N–H and O–H groups in total. The number of ether oxygens (including phenoxy) is 1. The van der Waals surface area contributed by atoms with E-state index in [-0.39, 0.29) is 6.61 Å². The summed E-state index contributed by atoms with van der Waals surface area (Å²) in [6, 6.07) is 3.71. The summed E-state index contributed by atoms with van der Waals surface area (Å²) in [5.41, 5.74) is 1.92. The molecule has 0 fully saturated rings. The fraction of sp³-hybridized carbons (Fsp3) is 0.467. The number of aromatic nitrogens is 1. The molecule has 0 unspecified atom stereocenters. The molecule has 5 heteroatoms. The van der Waals surface area contributed by atoms with Crippen LogP contribution in [-0.2, 0) is 11.3 Å². The lowest BCUT2D eigenvalue weighted by Crippen LogP contribution is -2.32. The molecular weight excluding hydrogens is 256 g/mol. The van der Waals surface area contributed by atoms with Gasteiger partial charge in [0.25, 0.3) is 0 Å². The Morgan fingerprint density at radius 3 is 2.75 bits per heavy atom. The van der Waals surface area contributed by atoms with Crippen molar-refractivity contribution in [3.8, 4) is 0 Å². The van der Waals surface area contributed by atoms with Crippen LogP contribution in [-0.4, -0.2) is 28.3 Å². The average Bonchev–Trinajstić information content (AvgIpc) is 2.32. The van der Waals surface area contributed by atoms with Crippen LogP contribution in [0, 0.1) is 6.92 Å². The first kappa shape index (κ1) is 16.2. The number of aliphatic hydroxyl groups excluding tert-OH is 1. The number of hydrogen-bond acceptors (Lipinski definition) is 4. The van der Waals surface area contributed by atoms with Gasteiger partial charge < -0.3 is 15.2 Å². The Labute approximate surface area is 119 Å². The molecule has 1 aromatic rings. The Balaban J connectivity index is 2.49. The summed E-state index contributed by atoms with van der Waals surface area (Å²) in [7, 11) is 0. The Kier molecular flexibility index (Phi) is 5.70. The molecule has 110 valence electrons. The lowest BCUT2D eigenvalue weighted by atomic mass is 10.2. The van der Waals surface area contributed by atoms with Crippen LogP contribution in [0.3, 0.4) is 0 Å². The molecule has 0 atom stereocenters. The largest absolute Gasteiger partial charge is 0.444 e. The number of nitrogens with one attached hydrogen (secondary N) is 1. The molecular formula is C15H22N2O3. The van der Waals surface area contributed by atoms with Crippen LogP contribution in [0.1, 0.15) is 37.7 Å². The topological polar surface area (TPSA) is 71.5 Å². The molecule has 1 rings (SSSR count). The Hall–Kier alpha value is -1.88. The number of carbonyl (C=O) groups excluding carboxylic acids is 1. The summed E-state index contributed by atoms with van der Waals surface area (Å²) in [6.07, 6.45) is 3.24. The molecule has 1 amide bonds. The second kappa shape index (κ2) is 7.05. The smallest absolute Gasteiger partial charge is 0.407 e. The number of pyridine rings is 1. The van der Waals surface area contributed by atoms with E-state index in [4.69, 9.17) is 9.84 Å². The van der Waals surface area contributed by atoms with Crippen molar-refractivity contribution in [2.45, 2.75) is 39.9 Å². The van der Waals surface area contributed by atoms with E-state index in [9.17, 15) is 4.79 Å². The van der Waals surface area contributed by atoms with Gasteiger partial charge in [-0.15, -0.1) is 0 Å². The molecule has 0 spiro atoms. The van der Waals surface area contributed by atoms with Gasteiger partial charge in [-0.3, -0.25) is 4.98 Å². The molecule has 0 aromatic carbocycles. The highest BCUT2D eigenvalue weighted by molar-refractivity contribution is 5.68. The number of rotatable bonds is 4. The maximum atomic E-state index is 11.4. The molecule has 1 heterocycles. The average molecular weight is 278 g/mol. The van der Waals surface area contributed by atoms with Gasteiger partial charge in [0.1, 0.15) is 5.60 Å². The minimum absolute atomic E-state index is 0.0846. The molecule has 0 saturated carbocycles. The van der Waals surface area contributed by atoms with E-state index in [2.05, 4.69) is 10.3 Å². The monoisotopic (exact) mass is 278 g/mol. The third kappa shape index (κ3) is 6.33. The zero-order chi connectivity index (χ0) is 15.2. The number of carbonyl (C=O) groups is 1. The van der Waals surface area contributed by atoms with Crippen molar-refractivity contribution < 1.29 is 14.6 Å². The van der Waals surface area contributed by atoms with Crippen molar-refractivity contribution in [1.82, 2.24) is 10.3 Å². The zero-order valence-electron chi connectivity index (χ0n) is 12.4. The van der Waals surface area contributed by atoms with Crippen molar-refractivity contribution in [3.05, 3.63) is 35.2 Å². The van der Waals surface area contributed by atoms with E-state index in [1.54, 1.807) is 6.07 Å². The SMILES string of the molecule is Cc1cc(/C=C/CNC(=O)OC(C)(C)C)cc(CO)n1. The second-order valence-corrected chi connectivity index (χ2v) is 5.48. The highest BCUT2D eigenvalue weighted by Gasteiger charge is 2.14. The fourth-order valence-electron chi connectivity index (χ4n) is 1.59. The highest BCUT2D eigenvalue weighted by Crippen LogP contribution is 2.08.